The second-order valence-electron chi connectivity index (χ2n) is 5.34. The maximum Gasteiger partial charge on any atom is 0.167 e. The lowest BCUT2D eigenvalue weighted by Gasteiger charge is -2.21. The molecule has 132 valence electrons. The Labute approximate surface area is 138 Å². The summed E-state index contributed by atoms with van der Waals surface area (Å²) in [5, 5.41) is 10.5. The van der Waals surface area contributed by atoms with Crippen LogP contribution in [0.25, 0.3) is 11.2 Å². The number of aliphatic hydroxyl groups excluding tert-OH is 1. The molecular formula is C14H21N5O5. The van der Waals surface area contributed by atoms with Gasteiger partial charge in [-0.2, -0.15) is 0 Å². The van der Waals surface area contributed by atoms with Gasteiger partial charge in [-0.1, -0.05) is 0 Å². The second-order valence-corrected chi connectivity index (χ2v) is 5.34. The number of nitrogen functional groups attached to an aromatic ring is 1. The van der Waals surface area contributed by atoms with Gasteiger partial charge in [0.1, 0.15) is 36.9 Å². The first-order chi connectivity index (χ1) is 11.7. The van der Waals surface area contributed by atoms with Gasteiger partial charge in [-0.05, 0) is 6.92 Å². The number of methoxy groups -OCH3 is 1. The molecule has 0 saturated carbocycles. The fraction of sp³-hybridized carbons (Fsp3) is 0.643. The van der Waals surface area contributed by atoms with Crippen LogP contribution >= 0.6 is 0 Å². The Balaban J connectivity index is 1.91. The molecule has 24 heavy (non-hydrogen) atoms. The average molecular weight is 339 g/mol. The van der Waals surface area contributed by atoms with Gasteiger partial charge in [0.15, 0.2) is 17.7 Å². The predicted octanol–water partition coefficient (Wildman–Crippen LogP) is -0.308. The molecule has 0 aliphatic carbocycles. The van der Waals surface area contributed by atoms with Crippen LogP contribution < -0.4 is 5.73 Å². The minimum atomic E-state index is -0.882. The molecule has 4 unspecified atom stereocenters. The Bertz CT molecular complexity index is 681. The topological polar surface area (TPSA) is 127 Å². The number of aliphatic hydroxyl groups is 1. The summed E-state index contributed by atoms with van der Waals surface area (Å²) < 4.78 is 23.6. The normalized spacial score (nSPS) is 27.1. The minimum Gasteiger partial charge on any atom is -0.387 e. The van der Waals surface area contributed by atoms with Crippen molar-refractivity contribution in [3.05, 3.63) is 12.7 Å². The molecule has 2 aromatic rings. The van der Waals surface area contributed by atoms with Crippen molar-refractivity contribution in [3.63, 3.8) is 0 Å². The summed E-state index contributed by atoms with van der Waals surface area (Å²) in [5.41, 5.74) is 6.78. The monoisotopic (exact) mass is 339 g/mol. The van der Waals surface area contributed by atoms with E-state index in [0.717, 1.165) is 0 Å². The van der Waals surface area contributed by atoms with E-state index in [2.05, 4.69) is 15.0 Å². The van der Waals surface area contributed by atoms with Crippen LogP contribution in [0.5, 0.6) is 0 Å². The van der Waals surface area contributed by atoms with Gasteiger partial charge in [-0.15, -0.1) is 0 Å². The number of aromatic nitrogens is 4. The van der Waals surface area contributed by atoms with Crippen LogP contribution in [0.1, 0.15) is 13.2 Å². The van der Waals surface area contributed by atoms with Crippen LogP contribution in [0.15, 0.2) is 12.7 Å². The lowest BCUT2D eigenvalue weighted by molar-refractivity contribution is -0.136. The minimum absolute atomic E-state index is 0.0432. The molecule has 1 aliphatic rings. The molecule has 3 N–H and O–H groups in total. The van der Waals surface area contributed by atoms with Crippen LogP contribution in [0.2, 0.25) is 0 Å². The van der Waals surface area contributed by atoms with Crippen molar-refractivity contribution in [2.75, 3.05) is 32.9 Å². The highest BCUT2D eigenvalue weighted by molar-refractivity contribution is 5.81. The fourth-order valence-corrected chi connectivity index (χ4v) is 2.69. The molecule has 1 saturated heterocycles. The lowest BCUT2D eigenvalue weighted by atomic mass is 10.1. The van der Waals surface area contributed by atoms with Gasteiger partial charge in [-0.3, -0.25) is 4.57 Å². The molecular weight excluding hydrogens is 318 g/mol. The first-order valence-corrected chi connectivity index (χ1v) is 7.62. The van der Waals surface area contributed by atoms with Crippen molar-refractivity contribution >= 4 is 17.0 Å². The van der Waals surface area contributed by atoms with E-state index in [1.54, 1.807) is 18.0 Å². The third kappa shape index (κ3) is 3.06. The number of hydrogen-bond acceptors (Lipinski definition) is 9. The summed E-state index contributed by atoms with van der Waals surface area (Å²) in [6, 6.07) is 0. The van der Waals surface area contributed by atoms with E-state index >= 15 is 0 Å². The molecule has 0 aromatic carbocycles. The fourth-order valence-electron chi connectivity index (χ4n) is 2.69. The number of rotatable bonds is 7. The maximum absolute atomic E-state index is 10.5. The molecule has 1 fully saturated rings. The van der Waals surface area contributed by atoms with E-state index in [-0.39, 0.29) is 19.2 Å². The lowest BCUT2D eigenvalue weighted by Crippen LogP contribution is -2.36. The molecule has 10 nitrogen and oxygen atoms in total. The van der Waals surface area contributed by atoms with E-state index in [4.69, 9.17) is 24.7 Å². The SMILES string of the molecule is CCOCOC1C(O)C(COC)OC1n1cnc2c(N)ncnc21. The van der Waals surface area contributed by atoms with Crippen LogP contribution in [0.3, 0.4) is 0 Å². The number of imidazole rings is 1. The van der Waals surface area contributed by atoms with E-state index < -0.39 is 24.5 Å². The largest absolute Gasteiger partial charge is 0.387 e. The van der Waals surface area contributed by atoms with Crippen LogP contribution in [-0.2, 0) is 18.9 Å². The number of fused-ring (bicyclic) bond motifs is 1. The summed E-state index contributed by atoms with van der Waals surface area (Å²) >= 11 is 0. The van der Waals surface area contributed by atoms with Gasteiger partial charge >= 0.3 is 0 Å². The Kier molecular flexibility index (Phi) is 5.21. The smallest absolute Gasteiger partial charge is 0.167 e. The highest BCUT2D eigenvalue weighted by Crippen LogP contribution is 2.34. The number of nitrogens with zero attached hydrogens (tertiary/aromatic N) is 4. The summed E-state index contributed by atoms with van der Waals surface area (Å²) in [7, 11) is 1.54. The number of hydrogen-bond donors (Lipinski definition) is 2. The molecule has 3 rings (SSSR count). The summed E-state index contributed by atoms with van der Waals surface area (Å²) in [6.07, 6.45) is 0.170. The molecule has 3 heterocycles. The van der Waals surface area contributed by atoms with Crippen LogP contribution in [0.4, 0.5) is 5.82 Å². The third-order valence-corrected chi connectivity index (χ3v) is 3.85. The van der Waals surface area contributed by atoms with Crippen LogP contribution in [-0.4, -0.2) is 70.1 Å². The zero-order chi connectivity index (χ0) is 17.1. The van der Waals surface area contributed by atoms with Crippen molar-refractivity contribution in [2.24, 2.45) is 0 Å². The number of nitrogens with two attached hydrogens (primary N) is 1. The average Bonchev–Trinajstić information content (AvgIpc) is 3.12. The molecule has 0 spiro atoms. The van der Waals surface area contributed by atoms with Crippen molar-refractivity contribution in [1.29, 1.82) is 0 Å². The Morgan fingerprint density at radius 3 is 2.96 bits per heavy atom. The Morgan fingerprint density at radius 1 is 1.38 bits per heavy atom. The Hall–Kier alpha value is -1.85. The standard InChI is InChI=1S/C14H21N5O5/c1-3-22-7-23-11-10(20)8(4-21-2)24-14(11)19-6-18-9-12(15)16-5-17-13(9)19/h5-6,8,10-11,14,20H,3-4,7H2,1-2H3,(H2,15,16,17). The molecule has 2 aromatic heterocycles. The zero-order valence-corrected chi connectivity index (χ0v) is 13.5. The third-order valence-electron chi connectivity index (χ3n) is 3.85. The molecule has 10 heteroatoms. The molecule has 1 aliphatic heterocycles. The molecule has 0 radical (unpaired) electrons. The van der Waals surface area contributed by atoms with E-state index in [0.29, 0.717) is 17.8 Å². The molecule has 0 bridgehead atoms. The highest BCUT2D eigenvalue weighted by atomic mass is 16.7. The number of ether oxygens (including phenoxy) is 4. The summed E-state index contributed by atoms with van der Waals surface area (Å²) in [6.45, 7) is 2.64. The first kappa shape index (κ1) is 17.0. The maximum atomic E-state index is 10.5. The van der Waals surface area contributed by atoms with Crippen molar-refractivity contribution < 1.29 is 24.1 Å². The quantitative estimate of drug-likeness (QED) is 0.516. The summed E-state index contributed by atoms with van der Waals surface area (Å²) in [5.74, 6) is 0.275. The molecule has 4 atom stereocenters. The predicted molar refractivity (Wildman–Crippen MR) is 82.9 cm³/mol. The van der Waals surface area contributed by atoms with Gasteiger partial charge in [0.25, 0.3) is 0 Å². The second kappa shape index (κ2) is 7.36. The van der Waals surface area contributed by atoms with Crippen molar-refractivity contribution in [1.82, 2.24) is 19.5 Å². The summed E-state index contributed by atoms with van der Waals surface area (Å²) in [4.78, 5) is 12.3. The highest BCUT2D eigenvalue weighted by Gasteiger charge is 2.46. The first-order valence-electron chi connectivity index (χ1n) is 7.62. The molecule has 0 amide bonds. The van der Waals surface area contributed by atoms with E-state index in [1.165, 1.54) is 6.33 Å². The van der Waals surface area contributed by atoms with Crippen molar-refractivity contribution in [2.45, 2.75) is 31.5 Å². The van der Waals surface area contributed by atoms with Crippen LogP contribution in [0, 0.1) is 0 Å². The Morgan fingerprint density at radius 2 is 2.21 bits per heavy atom. The zero-order valence-electron chi connectivity index (χ0n) is 13.5. The van der Waals surface area contributed by atoms with Gasteiger partial charge in [0, 0.05) is 13.7 Å². The van der Waals surface area contributed by atoms with Gasteiger partial charge in [0.05, 0.1) is 12.9 Å². The van der Waals surface area contributed by atoms with Crippen molar-refractivity contribution in [3.8, 4) is 0 Å². The van der Waals surface area contributed by atoms with Gasteiger partial charge in [0.2, 0.25) is 0 Å². The van der Waals surface area contributed by atoms with Gasteiger partial charge < -0.3 is 29.8 Å². The number of anilines is 1. The van der Waals surface area contributed by atoms with Gasteiger partial charge in [-0.25, -0.2) is 15.0 Å². The van der Waals surface area contributed by atoms with E-state index in [9.17, 15) is 5.11 Å². The van der Waals surface area contributed by atoms with E-state index in [1.807, 2.05) is 6.92 Å².